The van der Waals surface area contributed by atoms with Gasteiger partial charge in [0.2, 0.25) is 0 Å². The lowest BCUT2D eigenvalue weighted by Gasteiger charge is -2.13. The molecule has 5 nitrogen and oxygen atoms in total. The topological polar surface area (TPSA) is 63.8 Å². The van der Waals surface area contributed by atoms with Crippen molar-refractivity contribution < 1.29 is 4.52 Å². The molecule has 124 valence electrons. The van der Waals surface area contributed by atoms with Gasteiger partial charge in [0.05, 0.1) is 16.1 Å². The molecule has 0 amide bonds. The average Bonchev–Trinajstić information content (AvgIpc) is 3.22. The van der Waals surface area contributed by atoms with Gasteiger partial charge in [0.25, 0.3) is 0 Å². The highest BCUT2D eigenvalue weighted by atomic mass is 32.2. The van der Waals surface area contributed by atoms with E-state index in [1.807, 2.05) is 13.8 Å². The van der Waals surface area contributed by atoms with Gasteiger partial charge in [0.15, 0.2) is 0 Å². The summed E-state index contributed by atoms with van der Waals surface area (Å²) in [5.74, 6) is 0.829. The van der Waals surface area contributed by atoms with Gasteiger partial charge in [-0.15, -0.1) is 0 Å². The minimum absolute atomic E-state index is 0.587. The van der Waals surface area contributed by atoms with E-state index in [0.717, 1.165) is 38.5 Å². The predicted molar refractivity (Wildman–Crippen MR) is 95.8 cm³/mol. The summed E-state index contributed by atoms with van der Waals surface area (Å²) in [5, 5.41) is 4.08. The molecule has 6 heteroatoms. The number of nitrogens with one attached hydrogen (secondary N) is 1. The van der Waals surface area contributed by atoms with Gasteiger partial charge in [-0.25, -0.2) is 0 Å². The molecule has 1 N–H and O–H groups in total. The van der Waals surface area contributed by atoms with Gasteiger partial charge in [0, 0.05) is 24.0 Å². The zero-order chi connectivity index (χ0) is 16.5. The molecule has 1 aromatic carbocycles. The van der Waals surface area contributed by atoms with Crippen LogP contribution in [0.4, 0.5) is 0 Å². The standard InChI is InChI=1S/C18H20N4OS/c1-11-17(12(2)23-21-11)13-9-15-18(20-8-7-19-15)16(10-13)24-22-14-5-3-4-6-14/h7-10,14,22H,3-6H2,1-2H3. The summed E-state index contributed by atoms with van der Waals surface area (Å²) in [4.78, 5) is 10.1. The van der Waals surface area contributed by atoms with Crippen LogP contribution in [0.2, 0.25) is 0 Å². The van der Waals surface area contributed by atoms with E-state index >= 15 is 0 Å². The molecule has 0 radical (unpaired) electrons. The number of rotatable bonds is 4. The average molecular weight is 340 g/mol. The molecule has 2 heterocycles. The van der Waals surface area contributed by atoms with Crippen LogP contribution in [0.1, 0.15) is 37.1 Å². The van der Waals surface area contributed by atoms with E-state index in [1.54, 1.807) is 24.3 Å². The molecule has 4 rings (SSSR count). The number of hydrogen-bond acceptors (Lipinski definition) is 6. The summed E-state index contributed by atoms with van der Waals surface area (Å²) < 4.78 is 8.94. The largest absolute Gasteiger partial charge is 0.361 e. The third kappa shape index (κ3) is 2.91. The van der Waals surface area contributed by atoms with E-state index in [9.17, 15) is 0 Å². The van der Waals surface area contributed by atoms with Crippen molar-refractivity contribution in [2.75, 3.05) is 0 Å². The Kier molecular flexibility index (Phi) is 4.24. The second-order valence-electron chi connectivity index (χ2n) is 6.30. The van der Waals surface area contributed by atoms with Crippen LogP contribution in [0.15, 0.2) is 33.9 Å². The first-order valence-electron chi connectivity index (χ1n) is 8.33. The molecule has 1 aliphatic carbocycles. The van der Waals surface area contributed by atoms with Crippen LogP contribution in [-0.4, -0.2) is 21.2 Å². The summed E-state index contributed by atoms with van der Waals surface area (Å²) in [7, 11) is 0. The second-order valence-corrected chi connectivity index (χ2v) is 7.18. The van der Waals surface area contributed by atoms with Crippen LogP contribution in [0.25, 0.3) is 22.2 Å². The van der Waals surface area contributed by atoms with Crippen molar-refractivity contribution in [2.24, 2.45) is 0 Å². The number of hydrogen-bond donors (Lipinski definition) is 1. The van der Waals surface area contributed by atoms with Crippen molar-refractivity contribution in [3.63, 3.8) is 0 Å². The lowest BCUT2D eigenvalue weighted by Crippen LogP contribution is -2.18. The van der Waals surface area contributed by atoms with Crippen LogP contribution in [0.5, 0.6) is 0 Å². The molecule has 1 aliphatic rings. The minimum atomic E-state index is 0.587. The Hall–Kier alpha value is -1.92. The van der Waals surface area contributed by atoms with Gasteiger partial charge in [-0.1, -0.05) is 18.0 Å². The second kappa shape index (κ2) is 6.53. The molecule has 0 atom stereocenters. The maximum Gasteiger partial charge on any atom is 0.141 e. The third-order valence-electron chi connectivity index (χ3n) is 4.55. The van der Waals surface area contributed by atoms with Crippen LogP contribution < -0.4 is 4.72 Å². The Labute approximate surface area is 145 Å². The Morgan fingerprint density at radius 1 is 1.12 bits per heavy atom. The van der Waals surface area contributed by atoms with E-state index in [1.165, 1.54) is 25.7 Å². The molecule has 0 saturated heterocycles. The van der Waals surface area contributed by atoms with Crippen molar-refractivity contribution >= 4 is 23.0 Å². The fourth-order valence-electron chi connectivity index (χ4n) is 3.35. The van der Waals surface area contributed by atoms with E-state index in [-0.39, 0.29) is 0 Å². The Balaban J connectivity index is 1.76. The zero-order valence-corrected chi connectivity index (χ0v) is 14.7. The van der Waals surface area contributed by atoms with Gasteiger partial charge in [-0.2, -0.15) is 0 Å². The number of fused-ring (bicyclic) bond motifs is 1. The molecular formula is C18H20N4OS. The molecule has 1 saturated carbocycles. The third-order valence-corrected chi connectivity index (χ3v) is 5.53. The van der Waals surface area contributed by atoms with E-state index < -0.39 is 0 Å². The van der Waals surface area contributed by atoms with Crippen molar-refractivity contribution in [3.05, 3.63) is 36.0 Å². The molecule has 0 bridgehead atoms. The maximum atomic E-state index is 5.33. The number of aromatic nitrogens is 3. The van der Waals surface area contributed by atoms with Crippen LogP contribution in [0, 0.1) is 13.8 Å². The number of nitrogens with zero attached hydrogens (tertiary/aromatic N) is 3. The lowest BCUT2D eigenvalue weighted by atomic mass is 10.0. The predicted octanol–water partition coefficient (Wildman–Crippen LogP) is 4.44. The van der Waals surface area contributed by atoms with E-state index in [4.69, 9.17) is 4.52 Å². The fraction of sp³-hybridized carbons (Fsp3) is 0.389. The molecular weight excluding hydrogens is 320 g/mol. The molecule has 24 heavy (non-hydrogen) atoms. The first kappa shape index (κ1) is 15.6. The number of aryl methyl sites for hydroxylation is 2. The first-order valence-corrected chi connectivity index (χ1v) is 9.14. The highest BCUT2D eigenvalue weighted by Gasteiger charge is 2.18. The summed E-state index contributed by atoms with van der Waals surface area (Å²) in [5.41, 5.74) is 4.85. The van der Waals surface area contributed by atoms with Gasteiger partial charge in [-0.3, -0.25) is 14.7 Å². The summed E-state index contributed by atoms with van der Waals surface area (Å²) in [6.45, 7) is 3.91. The fourth-order valence-corrected chi connectivity index (χ4v) is 4.32. The molecule has 1 fully saturated rings. The lowest BCUT2D eigenvalue weighted by molar-refractivity contribution is 0.393. The van der Waals surface area contributed by atoms with Gasteiger partial charge in [0.1, 0.15) is 11.3 Å². The van der Waals surface area contributed by atoms with Crippen molar-refractivity contribution in [3.8, 4) is 11.1 Å². The Morgan fingerprint density at radius 3 is 2.67 bits per heavy atom. The number of benzene rings is 1. The smallest absolute Gasteiger partial charge is 0.141 e. The molecule has 0 spiro atoms. The van der Waals surface area contributed by atoms with Crippen LogP contribution in [-0.2, 0) is 0 Å². The Morgan fingerprint density at radius 2 is 1.92 bits per heavy atom. The summed E-state index contributed by atoms with van der Waals surface area (Å²) in [6, 6.07) is 4.81. The van der Waals surface area contributed by atoms with Crippen molar-refractivity contribution in [2.45, 2.75) is 50.5 Å². The highest BCUT2D eigenvalue weighted by molar-refractivity contribution is 7.97. The Bertz CT molecular complexity index is 851. The molecule has 0 aliphatic heterocycles. The normalized spacial score (nSPS) is 15.4. The molecule has 2 aromatic heterocycles. The van der Waals surface area contributed by atoms with Gasteiger partial charge < -0.3 is 4.52 Å². The quantitative estimate of drug-likeness (QED) is 0.708. The first-order chi connectivity index (χ1) is 11.7. The van der Waals surface area contributed by atoms with Gasteiger partial charge in [-0.05, 0) is 56.3 Å². The van der Waals surface area contributed by atoms with E-state index in [0.29, 0.717) is 6.04 Å². The minimum Gasteiger partial charge on any atom is -0.361 e. The summed E-state index contributed by atoms with van der Waals surface area (Å²) >= 11 is 1.67. The van der Waals surface area contributed by atoms with Crippen LogP contribution >= 0.6 is 11.9 Å². The maximum absolute atomic E-state index is 5.33. The zero-order valence-electron chi connectivity index (χ0n) is 13.9. The van der Waals surface area contributed by atoms with Crippen molar-refractivity contribution in [1.29, 1.82) is 0 Å². The highest BCUT2D eigenvalue weighted by Crippen LogP contribution is 2.34. The molecule has 3 aromatic rings. The van der Waals surface area contributed by atoms with Crippen LogP contribution in [0.3, 0.4) is 0 Å². The summed E-state index contributed by atoms with van der Waals surface area (Å²) in [6.07, 6.45) is 8.62. The van der Waals surface area contributed by atoms with Gasteiger partial charge >= 0.3 is 0 Å². The van der Waals surface area contributed by atoms with E-state index in [2.05, 4.69) is 32.0 Å². The van der Waals surface area contributed by atoms with Crippen molar-refractivity contribution in [1.82, 2.24) is 19.8 Å². The molecule has 0 unspecified atom stereocenters. The SMILES string of the molecule is Cc1noc(C)c1-c1cc(SNC2CCCC2)c2nccnc2c1. The monoisotopic (exact) mass is 340 g/mol.